The third-order valence-electron chi connectivity index (χ3n) is 9.85. The van der Waals surface area contributed by atoms with Gasteiger partial charge in [0.1, 0.15) is 24.4 Å². The standard InChI is InChI=1S/C44H79NO8/c1-3-5-7-9-11-13-15-16-17-18-19-20-21-22-24-25-27-29-31-33-38(47)37(36-52-44-43(51)42(50)41(49)39(35-46)53-44)45-40(48)34-32-30-28-26-23-14-12-10-8-6-4-2/h10,12,19-20,24-25,31,33,37-39,41-44,46-47,49-51H,3-9,11,13-18,21-23,26-30,32,34-36H2,1-2H3,(H,45,48)/b12-10-,20-19+,25-24+,33-31+. The van der Waals surface area contributed by atoms with Crippen molar-refractivity contribution in [1.29, 1.82) is 0 Å². The lowest BCUT2D eigenvalue weighted by Gasteiger charge is -2.40. The molecule has 53 heavy (non-hydrogen) atoms. The fraction of sp³-hybridized carbons (Fsp3) is 0.795. The highest BCUT2D eigenvalue weighted by Crippen LogP contribution is 2.22. The smallest absolute Gasteiger partial charge is 0.220 e. The van der Waals surface area contributed by atoms with E-state index in [1.807, 2.05) is 6.08 Å². The summed E-state index contributed by atoms with van der Waals surface area (Å²) in [6.07, 6.45) is 35.9. The molecule has 9 heteroatoms. The number of nitrogens with one attached hydrogen (secondary N) is 1. The molecule has 7 atom stereocenters. The topological polar surface area (TPSA) is 149 Å². The summed E-state index contributed by atoms with van der Waals surface area (Å²) in [7, 11) is 0. The van der Waals surface area contributed by atoms with Gasteiger partial charge in [-0.05, 0) is 64.2 Å². The molecule has 0 aromatic heterocycles. The molecule has 1 aliphatic heterocycles. The van der Waals surface area contributed by atoms with Gasteiger partial charge in [0.2, 0.25) is 5.91 Å². The zero-order valence-corrected chi connectivity index (χ0v) is 33.5. The maximum Gasteiger partial charge on any atom is 0.220 e. The number of carbonyl (C=O) groups is 1. The number of amides is 1. The molecule has 308 valence electrons. The van der Waals surface area contributed by atoms with Gasteiger partial charge in [-0.3, -0.25) is 4.79 Å². The van der Waals surface area contributed by atoms with E-state index in [9.17, 15) is 30.3 Å². The lowest BCUT2D eigenvalue weighted by Crippen LogP contribution is -2.60. The lowest BCUT2D eigenvalue weighted by molar-refractivity contribution is -0.302. The van der Waals surface area contributed by atoms with Gasteiger partial charge in [0.25, 0.3) is 0 Å². The highest BCUT2D eigenvalue weighted by atomic mass is 16.7. The summed E-state index contributed by atoms with van der Waals surface area (Å²) in [5, 5.41) is 54.0. The van der Waals surface area contributed by atoms with Crippen LogP contribution in [0, 0.1) is 0 Å². The van der Waals surface area contributed by atoms with Gasteiger partial charge in [-0.15, -0.1) is 0 Å². The number of unbranched alkanes of at least 4 members (excludes halogenated alkanes) is 18. The van der Waals surface area contributed by atoms with E-state index in [0.717, 1.165) is 70.6 Å². The summed E-state index contributed by atoms with van der Waals surface area (Å²) in [6, 6.07) is -0.830. The number of allylic oxidation sites excluding steroid dienone is 7. The van der Waals surface area contributed by atoms with Gasteiger partial charge < -0.3 is 40.3 Å². The molecule has 1 amide bonds. The highest BCUT2D eigenvalue weighted by Gasteiger charge is 2.44. The lowest BCUT2D eigenvalue weighted by atomic mass is 9.99. The van der Waals surface area contributed by atoms with Gasteiger partial charge >= 0.3 is 0 Å². The quantitative estimate of drug-likeness (QED) is 0.0285. The molecule has 0 aliphatic carbocycles. The first kappa shape index (κ1) is 49.2. The molecule has 6 N–H and O–H groups in total. The van der Waals surface area contributed by atoms with Crippen molar-refractivity contribution in [3.8, 4) is 0 Å². The van der Waals surface area contributed by atoms with E-state index in [4.69, 9.17) is 9.47 Å². The average Bonchev–Trinajstić information content (AvgIpc) is 3.16. The minimum absolute atomic E-state index is 0.205. The van der Waals surface area contributed by atoms with Crippen LogP contribution in [0.2, 0.25) is 0 Å². The number of aliphatic hydroxyl groups is 5. The summed E-state index contributed by atoms with van der Waals surface area (Å²) < 4.78 is 11.2. The molecular weight excluding hydrogens is 670 g/mol. The maximum absolute atomic E-state index is 12.9. The second kappa shape index (κ2) is 34.6. The molecule has 1 aliphatic rings. The van der Waals surface area contributed by atoms with Crippen molar-refractivity contribution in [2.24, 2.45) is 0 Å². The van der Waals surface area contributed by atoms with E-state index >= 15 is 0 Å². The Bertz CT molecular complexity index is 967. The fourth-order valence-corrected chi connectivity index (χ4v) is 6.34. The Morgan fingerprint density at radius 3 is 1.64 bits per heavy atom. The van der Waals surface area contributed by atoms with E-state index in [-0.39, 0.29) is 12.5 Å². The molecule has 1 heterocycles. The van der Waals surface area contributed by atoms with Gasteiger partial charge in [0, 0.05) is 6.42 Å². The molecule has 1 saturated heterocycles. The minimum atomic E-state index is -1.57. The number of aliphatic hydroxyl groups excluding tert-OH is 5. The van der Waals surface area contributed by atoms with Crippen molar-refractivity contribution in [2.75, 3.05) is 13.2 Å². The Labute approximate surface area is 323 Å². The summed E-state index contributed by atoms with van der Waals surface area (Å²) >= 11 is 0. The van der Waals surface area contributed by atoms with Crippen LogP contribution in [0.15, 0.2) is 48.6 Å². The van der Waals surface area contributed by atoms with Gasteiger partial charge in [-0.2, -0.15) is 0 Å². The van der Waals surface area contributed by atoms with Crippen molar-refractivity contribution < 1.29 is 39.8 Å². The second-order valence-corrected chi connectivity index (χ2v) is 14.8. The number of hydrogen-bond donors (Lipinski definition) is 6. The largest absolute Gasteiger partial charge is 0.394 e. The van der Waals surface area contributed by atoms with Crippen molar-refractivity contribution in [3.63, 3.8) is 0 Å². The van der Waals surface area contributed by atoms with Crippen LogP contribution in [0.3, 0.4) is 0 Å². The van der Waals surface area contributed by atoms with Crippen LogP contribution in [-0.2, 0) is 14.3 Å². The first-order chi connectivity index (χ1) is 25.8. The van der Waals surface area contributed by atoms with Crippen LogP contribution in [0.25, 0.3) is 0 Å². The molecule has 7 unspecified atom stereocenters. The van der Waals surface area contributed by atoms with Crippen LogP contribution in [0.1, 0.15) is 168 Å². The van der Waals surface area contributed by atoms with Gasteiger partial charge in [0.05, 0.1) is 25.4 Å². The van der Waals surface area contributed by atoms with E-state index in [1.165, 1.54) is 77.0 Å². The molecule has 0 aromatic carbocycles. The Hall–Kier alpha value is -1.85. The van der Waals surface area contributed by atoms with Crippen LogP contribution >= 0.6 is 0 Å². The van der Waals surface area contributed by atoms with Crippen molar-refractivity contribution in [2.45, 2.75) is 211 Å². The highest BCUT2D eigenvalue weighted by molar-refractivity contribution is 5.76. The third kappa shape index (κ3) is 25.8. The van der Waals surface area contributed by atoms with Crippen LogP contribution in [-0.4, -0.2) is 87.5 Å². The monoisotopic (exact) mass is 750 g/mol. The van der Waals surface area contributed by atoms with Gasteiger partial charge in [-0.1, -0.05) is 146 Å². The number of ether oxygens (including phenoxy) is 2. The maximum atomic E-state index is 12.9. The van der Waals surface area contributed by atoms with Crippen LogP contribution < -0.4 is 5.32 Å². The predicted molar refractivity (Wildman–Crippen MR) is 216 cm³/mol. The Morgan fingerprint density at radius 1 is 0.623 bits per heavy atom. The summed E-state index contributed by atoms with van der Waals surface area (Å²) in [6.45, 7) is 3.68. The van der Waals surface area contributed by atoms with Gasteiger partial charge in [0.15, 0.2) is 6.29 Å². The molecular formula is C44H79NO8. The zero-order valence-electron chi connectivity index (χ0n) is 33.5. The Kier molecular flexibility index (Phi) is 32.1. The number of rotatable bonds is 34. The van der Waals surface area contributed by atoms with Crippen molar-refractivity contribution >= 4 is 5.91 Å². The zero-order chi connectivity index (χ0) is 38.8. The van der Waals surface area contributed by atoms with Gasteiger partial charge in [-0.25, -0.2) is 0 Å². The molecule has 0 bridgehead atoms. The van der Waals surface area contributed by atoms with E-state index in [0.29, 0.717) is 6.42 Å². The SMILES string of the molecule is CCCC/C=C\CCCCCCCC(=O)NC(COC1OC(CO)C(O)C(O)C1O)C(O)/C=C/CC/C=C/CC/C=C/CCCCCCCCCCC. The van der Waals surface area contributed by atoms with E-state index < -0.39 is 49.5 Å². The third-order valence-corrected chi connectivity index (χ3v) is 9.85. The second-order valence-electron chi connectivity index (χ2n) is 14.8. The first-order valence-electron chi connectivity index (χ1n) is 21.4. The summed E-state index contributed by atoms with van der Waals surface area (Å²) in [5.41, 5.74) is 0. The van der Waals surface area contributed by atoms with Crippen molar-refractivity contribution in [1.82, 2.24) is 5.32 Å². The van der Waals surface area contributed by atoms with E-state index in [1.54, 1.807) is 6.08 Å². The predicted octanol–water partition coefficient (Wildman–Crippen LogP) is 8.28. The van der Waals surface area contributed by atoms with Crippen LogP contribution in [0.5, 0.6) is 0 Å². The Balaban J connectivity index is 2.44. The normalized spacial score (nSPS) is 22.1. The van der Waals surface area contributed by atoms with E-state index in [2.05, 4.69) is 55.6 Å². The first-order valence-corrected chi connectivity index (χ1v) is 21.4. The Morgan fingerprint density at radius 2 is 1.09 bits per heavy atom. The molecule has 1 fully saturated rings. The summed E-state index contributed by atoms with van der Waals surface area (Å²) in [4.78, 5) is 12.9. The summed E-state index contributed by atoms with van der Waals surface area (Å²) in [5.74, 6) is -0.205. The fourth-order valence-electron chi connectivity index (χ4n) is 6.34. The molecule has 1 rings (SSSR count). The number of hydrogen-bond acceptors (Lipinski definition) is 8. The molecule has 0 aromatic rings. The molecule has 0 spiro atoms. The number of carbonyl (C=O) groups excluding carboxylic acids is 1. The molecule has 9 nitrogen and oxygen atoms in total. The average molecular weight is 750 g/mol. The van der Waals surface area contributed by atoms with Crippen LogP contribution in [0.4, 0.5) is 0 Å². The van der Waals surface area contributed by atoms with Crippen molar-refractivity contribution in [3.05, 3.63) is 48.6 Å². The molecule has 0 radical (unpaired) electrons. The molecule has 0 saturated carbocycles. The minimum Gasteiger partial charge on any atom is -0.394 e.